The van der Waals surface area contributed by atoms with Crippen molar-refractivity contribution in [2.75, 3.05) is 19.6 Å². The third kappa shape index (κ3) is 4.63. The molecule has 0 spiro atoms. The van der Waals surface area contributed by atoms with Crippen LogP contribution in [0.1, 0.15) is 38.7 Å². The lowest BCUT2D eigenvalue weighted by Gasteiger charge is -2.38. The van der Waals surface area contributed by atoms with Gasteiger partial charge in [-0.05, 0) is 51.3 Å². The van der Waals surface area contributed by atoms with Crippen LogP contribution in [0.5, 0.6) is 0 Å². The summed E-state index contributed by atoms with van der Waals surface area (Å²) in [6.45, 7) is 8.23. The SMILES string of the molecule is CCCNC1CCN(CCc2ccccc2)C(C)C1. The van der Waals surface area contributed by atoms with E-state index in [0.717, 1.165) is 6.04 Å². The third-order valence-electron chi connectivity index (χ3n) is 4.23. The van der Waals surface area contributed by atoms with Gasteiger partial charge in [-0.15, -0.1) is 0 Å². The van der Waals surface area contributed by atoms with E-state index in [1.807, 2.05) is 0 Å². The predicted molar refractivity (Wildman–Crippen MR) is 82.5 cm³/mol. The molecule has 1 saturated heterocycles. The number of nitrogens with zero attached hydrogens (tertiary/aromatic N) is 1. The smallest absolute Gasteiger partial charge is 0.00940 e. The molecule has 2 heteroatoms. The second-order valence-corrected chi connectivity index (χ2v) is 5.80. The van der Waals surface area contributed by atoms with E-state index in [1.165, 1.54) is 50.9 Å². The molecular formula is C17H28N2. The molecule has 1 aromatic rings. The van der Waals surface area contributed by atoms with E-state index in [2.05, 4.69) is 54.4 Å². The van der Waals surface area contributed by atoms with Gasteiger partial charge in [0.05, 0.1) is 0 Å². The average molecular weight is 260 g/mol. The summed E-state index contributed by atoms with van der Waals surface area (Å²) in [5.41, 5.74) is 1.46. The summed E-state index contributed by atoms with van der Waals surface area (Å²) in [6, 6.07) is 12.3. The van der Waals surface area contributed by atoms with Gasteiger partial charge in [0.1, 0.15) is 0 Å². The fraction of sp³-hybridized carbons (Fsp3) is 0.647. The Morgan fingerprint density at radius 2 is 2.05 bits per heavy atom. The second-order valence-electron chi connectivity index (χ2n) is 5.80. The van der Waals surface area contributed by atoms with Crippen molar-refractivity contribution < 1.29 is 0 Å². The molecule has 1 aliphatic rings. The van der Waals surface area contributed by atoms with Crippen LogP contribution in [0.3, 0.4) is 0 Å². The van der Waals surface area contributed by atoms with E-state index >= 15 is 0 Å². The Bertz CT molecular complexity index is 350. The number of nitrogens with one attached hydrogen (secondary N) is 1. The van der Waals surface area contributed by atoms with Gasteiger partial charge in [0.25, 0.3) is 0 Å². The Balaban J connectivity index is 1.74. The number of hydrogen-bond acceptors (Lipinski definition) is 2. The molecule has 1 aromatic carbocycles. The van der Waals surface area contributed by atoms with Crippen LogP contribution < -0.4 is 5.32 Å². The molecule has 1 heterocycles. The van der Waals surface area contributed by atoms with Crippen LogP contribution in [-0.4, -0.2) is 36.6 Å². The molecule has 1 fully saturated rings. The van der Waals surface area contributed by atoms with Gasteiger partial charge in [0.2, 0.25) is 0 Å². The van der Waals surface area contributed by atoms with E-state index < -0.39 is 0 Å². The first-order chi connectivity index (χ1) is 9.29. The lowest BCUT2D eigenvalue weighted by atomic mass is 9.97. The lowest BCUT2D eigenvalue weighted by Crippen LogP contribution is -2.48. The normalized spacial score (nSPS) is 24.5. The Morgan fingerprint density at radius 1 is 1.26 bits per heavy atom. The molecule has 1 N–H and O–H groups in total. The van der Waals surface area contributed by atoms with Gasteiger partial charge in [-0.25, -0.2) is 0 Å². The maximum atomic E-state index is 3.67. The van der Waals surface area contributed by atoms with Crippen LogP contribution in [0.2, 0.25) is 0 Å². The molecular weight excluding hydrogens is 232 g/mol. The standard InChI is InChI=1S/C17H28N2/c1-3-11-18-17-10-13-19(15(2)14-17)12-9-16-7-5-4-6-8-16/h4-8,15,17-18H,3,9-14H2,1-2H3. The fourth-order valence-corrected chi connectivity index (χ4v) is 3.00. The van der Waals surface area contributed by atoms with Crippen LogP contribution in [0.4, 0.5) is 0 Å². The van der Waals surface area contributed by atoms with Crippen molar-refractivity contribution in [3.05, 3.63) is 35.9 Å². The van der Waals surface area contributed by atoms with Gasteiger partial charge in [-0.2, -0.15) is 0 Å². The lowest BCUT2D eigenvalue weighted by molar-refractivity contribution is 0.138. The summed E-state index contributed by atoms with van der Waals surface area (Å²) < 4.78 is 0. The number of benzene rings is 1. The maximum Gasteiger partial charge on any atom is 0.00940 e. The molecule has 106 valence electrons. The zero-order valence-corrected chi connectivity index (χ0v) is 12.4. The van der Waals surface area contributed by atoms with Gasteiger partial charge < -0.3 is 10.2 Å². The zero-order chi connectivity index (χ0) is 13.5. The van der Waals surface area contributed by atoms with E-state index in [-0.39, 0.29) is 0 Å². The van der Waals surface area contributed by atoms with Crippen molar-refractivity contribution in [3.63, 3.8) is 0 Å². The Morgan fingerprint density at radius 3 is 2.74 bits per heavy atom. The van der Waals surface area contributed by atoms with E-state index in [1.54, 1.807) is 0 Å². The molecule has 2 nitrogen and oxygen atoms in total. The first-order valence-electron chi connectivity index (χ1n) is 7.81. The number of piperidine rings is 1. The first-order valence-corrected chi connectivity index (χ1v) is 7.81. The summed E-state index contributed by atoms with van der Waals surface area (Å²) in [7, 11) is 0. The summed E-state index contributed by atoms with van der Waals surface area (Å²) in [6.07, 6.45) is 5.02. The summed E-state index contributed by atoms with van der Waals surface area (Å²) in [5, 5.41) is 3.67. The minimum atomic E-state index is 0.715. The highest BCUT2D eigenvalue weighted by Gasteiger charge is 2.24. The van der Waals surface area contributed by atoms with Gasteiger partial charge in [0, 0.05) is 18.6 Å². The molecule has 19 heavy (non-hydrogen) atoms. The summed E-state index contributed by atoms with van der Waals surface area (Å²) in [4.78, 5) is 2.65. The van der Waals surface area contributed by atoms with E-state index in [0.29, 0.717) is 6.04 Å². The highest BCUT2D eigenvalue weighted by Crippen LogP contribution is 2.17. The molecule has 0 aromatic heterocycles. The third-order valence-corrected chi connectivity index (χ3v) is 4.23. The predicted octanol–water partition coefficient (Wildman–Crippen LogP) is 3.08. The number of hydrogen-bond donors (Lipinski definition) is 1. The molecule has 0 radical (unpaired) electrons. The van der Waals surface area contributed by atoms with Crippen molar-refractivity contribution in [2.45, 2.75) is 51.6 Å². The van der Waals surface area contributed by atoms with E-state index in [9.17, 15) is 0 Å². The molecule has 0 amide bonds. The van der Waals surface area contributed by atoms with E-state index in [4.69, 9.17) is 0 Å². The van der Waals surface area contributed by atoms with Crippen molar-refractivity contribution in [3.8, 4) is 0 Å². The number of likely N-dealkylation sites (tertiary alicyclic amines) is 1. The highest BCUT2D eigenvalue weighted by atomic mass is 15.2. The topological polar surface area (TPSA) is 15.3 Å². The summed E-state index contributed by atoms with van der Waals surface area (Å²) >= 11 is 0. The van der Waals surface area contributed by atoms with Crippen LogP contribution in [0, 0.1) is 0 Å². The maximum absolute atomic E-state index is 3.67. The highest BCUT2D eigenvalue weighted by molar-refractivity contribution is 5.14. The van der Waals surface area contributed by atoms with Gasteiger partial charge in [0.15, 0.2) is 0 Å². The van der Waals surface area contributed by atoms with Gasteiger partial charge >= 0.3 is 0 Å². The van der Waals surface area contributed by atoms with Crippen LogP contribution >= 0.6 is 0 Å². The monoisotopic (exact) mass is 260 g/mol. The minimum absolute atomic E-state index is 0.715. The van der Waals surface area contributed by atoms with Gasteiger partial charge in [-0.1, -0.05) is 37.3 Å². The molecule has 2 unspecified atom stereocenters. The minimum Gasteiger partial charge on any atom is -0.314 e. The van der Waals surface area contributed by atoms with Crippen molar-refractivity contribution in [1.29, 1.82) is 0 Å². The van der Waals surface area contributed by atoms with Crippen molar-refractivity contribution in [2.24, 2.45) is 0 Å². The molecule has 1 aliphatic heterocycles. The molecule has 0 aliphatic carbocycles. The molecule has 2 atom stereocenters. The van der Waals surface area contributed by atoms with Crippen molar-refractivity contribution >= 4 is 0 Å². The largest absolute Gasteiger partial charge is 0.314 e. The Kier molecular flexibility index (Phi) is 5.87. The molecule has 2 rings (SSSR count). The fourth-order valence-electron chi connectivity index (χ4n) is 3.00. The first kappa shape index (κ1) is 14.5. The van der Waals surface area contributed by atoms with Crippen LogP contribution in [0.15, 0.2) is 30.3 Å². The molecule has 0 saturated carbocycles. The van der Waals surface area contributed by atoms with Gasteiger partial charge in [-0.3, -0.25) is 0 Å². The zero-order valence-electron chi connectivity index (χ0n) is 12.4. The van der Waals surface area contributed by atoms with Crippen LogP contribution in [0.25, 0.3) is 0 Å². The summed E-state index contributed by atoms with van der Waals surface area (Å²) in [5.74, 6) is 0. The number of rotatable bonds is 6. The van der Waals surface area contributed by atoms with Crippen LogP contribution in [-0.2, 0) is 6.42 Å². The Labute approximate surface area is 118 Å². The average Bonchev–Trinajstić information content (AvgIpc) is 2.45. The quantitative estimate of drug-likeness (QED) is 0.845. The Hall–Kier alpha value is -0.860. The second kappa shape index (κ2) is 7.66. The molecule has 0 bridgehead atoms. The van der Waals surface area contributed by atoms with Crippen molar-refractivity contribution in [1.82, 2.24) is 10.2 Å².